The SMILES string of the molecule is C=C/C=C\C(=C)NO. The Morgan fingerprint density at radius 3 is 2.62 bits per heavy atom. The van der Waals surface area contributed by atoms with Crippen LogP contribution in [0.2, 0.25) is 0 Å². The summed E-state index contributed by atoms with van der Waals surface area (Å²) in [5.74, 6) is 0. The van der Waals surface area contributed by atoms with Crippen LogP contribution in [-0.4, -0.2) is 5.21 Å². The largest absolute Gasteiger partial charge is 0.291 e. The number of hydroxylamine groups is 1. The van der Waals surface area contributed by atoms with Crippen LogP contribution in [0.4, 0.5) is 0 Å². The molecular weight excluding hydrogens is 102 g/mol. The van der Waals surface area contributed by atoms with Gasteiger partial charge >= 0.3 is 0 Å². The zero-order valence-electron chi connectivity index (χ0n) is 4.59. The zero-order chi connectivity index (χ0) is 6.41. The summed E-state index contributed by atoms with van der Waals surface area (Å²) in [6.45, 7) is 6.84. The molecule has 0 rings (SSSR count). The molecule has 0 heterocycles. The van der Waals surface area contributed by atoms with Gasteiger partial charge in [-0.3, -0.25) is 10.7 Å². The van der Waals surface area contributed by atoms with Crippen molar-refractivity contribution < 1.29 is 5.21 Å². The number of hydrogen-bond donors (Lipinski definition) is 2. The molecule has 0 aliphatic rings. The van der Waals surface area contributed by atoms with Crippen LogP contribution >= 0.6 is 0 Å². The lowest BCUT2D eigenvalue weighted by Crippen LogP contribution is -2.01. The van der Waals surface area contributed by atoms with E-state index in [9.17, 15) is 0 Å². The maximum atomic E-state index is 8.13. The van der Waals surface area contributed by atoms with Gasteiger partial charge in [0.1, 0.15) is 0 Å². The Kier molecular flexibility index (Phi) is 3.62. The molecule has 0 bridgehead atoms. The molecule has 0 atom stereocenters. The number of hydrogen-bond acceptors (Lipinski definition) is 2. The van der Waals surface area contributed by atoms with Crippen LogP contribution in [0.3, 0.4) is 0 Å². The van der Waals surface area contributed by atoms with E-state index in [0.717, 1.165) is 0 Å². The van der Waals surface area contributed by atoms with E-state index in [-0.39, 0.29) is 0 Å². The highest BCUT2D eigenvalue weighted by Crippen LogP contribution is 1.83. The Hall–Kier alpha value is -1.02. The van der Waals surface area contributed by atoms with Gasteiger partial charge in [0.2, 0.25) is 0 Å². The molecule has 44 valence electrons. The molecule has 0 spiro atoms. The highest BCUT2D eigenvalue weighted by Gasteiger charge is 1.74. The molecule has 2 N–H and O–H groups in total. The molecule has 0 aromatic heterocycles. The van der Waals surface area contributed by atoms with Gasteiger partial charge in [0.15, 0.2) is 0 Å². The average molecular weight is 111 g/mol. The van der Waals surface area contributed by atoms with Crippen molar-refractivity contribution in [2.45, 2.75) is 0 Å². The van der Waals surface area contributed by atoms with Gasteiger partial charge in [-0.25, -0.2) is 0 Å². The maximum absolute atomic E-state index is 8.13. The van der Waals surface area contributed by atoms with Crippen LogP contribution < -0.4 is 5.48 Å². The summed E-state index contributed by atoms with van der Waals surface area (Å²) in [5, 5.41) is 8.13. The Morgan fingerprint density at radius 1 is 1.62 bits per heavy atom. The summed E-state index contributed by atoms with van der Waals surface area (Å²) in [5.41, 5.74) is 2.32. The van der Waals surface area contributed by atoms with Crippen molar-refractivity contribution in [2.75, 3.05) is 0 Å². The molecule has 0 aliphatic carbocycles. The van der Waals surface area contributed by atoms with E-state index in [0.29, 0.717) is 5.70 Å². The molecule has 0 aromatic carbocycles. The molecule has 0 unspecified atom stereocenters. The first-order valence-corrected chi connectivity index (χ1v) is 2.19. The van der Waals surface area contributed by atoms with E-state index < -0.39 is 0 Å². The van der Waals surface area contributed by atoms with Crippen molar-refractivity contribution in [1.82, 2.24) is 5.48 Å². The van der Waals surface area contributed by atoms with Gasteiger partial charge in [-0.05, 0) is 6.08 Å². The van der Waals surface area contributed by atoms with Crippen molar-refractivity contribution in [1.29, 1.82) is 0 Å². The Labute approximate surface area is 48.8 Å². The second-order valence-electron chi connectivity index (χ2n) is 1.23. The lowest BCUT2D eigenvalue weighted by atomic mass is 10.4. The topological polar surface area (TPSA) is 32.3 Å². The fourth-order valence-corrected chi connectivity index (χ4v) is 0.221. The minimum atomic E-state index is 0.449. The standard InChI is InChI=1S/C6H9NO/c1-3-4-5-6(2)7-8/h3-5,7-8H,1-2H2/b5-4-. The average Bonchev–Trinajstić information content (AvgIpc) is 1.83. The van der Waals surface area contributed by atoms with E-state index in [1.807, 2.05) is 5.48 Å². The summed E-state index contributed by atoms with van der Waals surface area (Å²) < 4.78 is 0. The zero-order valence-corrected chi connectivity index (χ0v) is 4.59. The highest BCUT2D eigenvalue weighted by molar-refractivity contribution is 5.14. The minimum absolute atomic E-state index is 0.449. The predicted molar refractivity (Wildman–Crippen MR) is 33.4 cm³/mol. The highest BCUT2D eigenvalue weighted by atomic mass is 16.5. The minimum Gasteiger partial charge on any atom is -0.291 e. The third-order valence-electron chi connectivity index (χ3n) is 0.577. The fraction of sp³-hybridized carbons (Fsp3) is 0. The lowest BCUT2D eigenvalue weighted by molar-refractivity contribution is 0.205. The smallest absolute Gasteiger partial charge is 0.0530 e. The Morgan fingerprint density at radius 2 is 2.25 bits per heavy atom. The third kappa shape index (κ3) is 3.18. The van der Waals surface area contributed by atoms with Crippen molar-refractivity contribution in [2.24, 2.45) is 0 Å². The summed E-state index contributed by atoms with van der Waals surface area (Å²) >= 11 is 0. The van der Waals surface area contributed by atoms with Gasteiger partial charge < -0.3 is 0 Å². The molecule has 0 aliphatic heterocycles. The first kappa shape index (κ1) is 6.98. The van der Waals surface area contributed by atoms with E-state index in [1.54, 1.807) is 18.2 Å². The van der Waals surface area contributed by atoms with Crippen LogP contribution in [0.25, 0.3) is 0 Å². The van der Waals surface area contributed by atoms with Gasteiger partial charge in [-0.15, -0.1) is 0 Å². The molecule has 0 aromatic rings. The lowest BCUT2D eigenvalue weighted by Gasteiger charge is -1.90. The number of nitrogens with one attached hydrogen (secondary N) is 1. The quantitative estimate of drug-likeness (QED) is 0.424. The second kappa shape index (κ2) is 4.15. The van der Waals surface area contributed by atoms with Crippen LogP contribution in [0.15, 0.2) is 37.1 Å². The normalized spacial score (nSPS) is 9.12. The van der Waals surface area contributed by atoms with Gasteiger partial charge in [-0.2, -0.15) is 0 Å². The number of rotatable bonds is 3. The summed E-state index contributed by atoms with van der Waals surface area (Å²) in [7, 11) is 0. The predicted octanol–water partition coefficient (Wildman–Crippen LogP) is 1.22. The van der Waals surface area contributed by atoms with Crippen molar-refractivity contribution in [3.05, 3.63) is 37.1 Å². The van der Waals surface area contributed by atoms with Crippen molar-refractivity contribution >= 4 is 0 Å². The van der Waals surface area contributed by atoms with Gasteiger partial charge in [-0.1, -0.05) is 25.3 Å². The summed E-state index contributed by atoms with van der Waals surface area (Å²) in [4.78, 5) is 0. The third-order valence-corrected chi connectivity index (χ3v) is 0.577. The van der Waals surface area contributed by atoms with Gasteiger partial charge in [0.25, 0.3) is 0 Å². The molecule has 0 amide bonds. The molecule has 2 nitrogen and oxygen atoms in total. The van der Waals surface area contributed by atoms with E-state index in [1.165, 1.54) is 0 Å². The molecule has 0 fully saturated rings. The maximum Gasteiger partial charge on any atom is 0.0530 e. The van der Waals surface area contributed by atoms with Crippen LogP contribution in [0.5, 0.6) is 0 Å². The monoisotopic (exact) mass is 111 g/mol. The summed E-state index contributed by atoms with van der Waals surface area (Å²) in [6.07, 6.45) is 4.88. The van der Waals surface area contributed by atoms with E-state index in [2.05, 4.69) is 13.2 Å². The molecule has 8 heavy (non-hydrogen) atoms. The van der Waals surface area contributed by atoms with Gasteiger partial charge in [0, 0.05) is 0 Å². The molecule has 0 radical (unpaired) electrons. The molecule has 0 saturated carbocycles. The van der Waals surface area contributed by atoms with Crippen LogP contribution in [0.1, 0.15) is 0 Å². The molecular formula is C6H9NO. The van der Waals surface area contributed by atoms with Crippen LogP contribution in [0, 0.1) is 0 Å². The van der Waals surface area contributed by atoms with Crippen molar-refractivity contribution in [3.63, 3.8) is 0 Å². The second-order valence-corrected chi connectivity index (χ2v) is 1.23. The van der Waals surface area contributed by atoms with E-state index in [4.69, 9.17) is 5.21 Å². The van der Waals surface area contributed by atoms with Gasteiger partial charge in [0.05, 0.1) is 5.70 Å². The number of allylic oxidation sites excluding steroid dienone is 3. The summed E-state index contributed by atoms with van der Waals surface area (Å²) in [6, 6.07) is 0. The van der Waals surface area contributed by atoms with E-state index >= 15 is 0 Å². The first-order chi connectivity index (χ1) is 3.81. The molecule has 2 heteroatoms. The fourth-order valence-electron chi connectivity index (χ4n) is 0.221. The first-order valence-electron chi connectivity index (χ1n) is 2.19. The van der Waals surface area contributed by atoms with Crippen LogP contribution in [-0.2, 0) is 0 Å². The van der Waals surface area contributed by atoms with Crippen molar-refractivity contribution in [3.8, 4) is 0 Å². The Balaban J connectivity index is 3.52. The Bertz CT molecular complexity index is 116. The molecule has 0 saturated heterocycles.